The number of carboxylic acid groups (broad SMARTS) is 1. The molecular formula is C31H42N2O6. The number of piperidine rings is 1. The summed E-state index contributed by atoms with van der Waals surface area (Å²) in [6, 6.07) is 16.0. The first-order valence-corrected chi connectivity index (χ1v) is 14.3. The summed E-state index contributed by atoms with van der Waals surface area (Å²) in [6.07, 6.45) is 6.62. The number of ether oxygens (including phenoxy) is 2. The van der Waals surface area contributed by atoms with Gasteiger partial charge in [-0.3, -0.25) is 9.59 Å². The third-order valence-electron chi connectivity index (χ3n) is 7.56. The summed E-state index contributed by atoms with van der Waals surface area (Å²) < 4.78 is 12.9. The maximum absolute atomic E-state index is 12.2. The Morgan fingerprint density at radius 1 is 0.846 bits per heavy atom. The van der Waals surface area contributed by atoms with Crippen molar-refractivity contribution >= 4 is 11.9 Å². The molecular weight excluding hydrogens is 496 g/mol. The first kappa shape index (κ1) is 29.2. The molecule has 2 aromatic rings. The van der Waals surface area contributed by atoms with Crippen LogP contribution in [0.2, 0.25) is 0 Å². The summed E-state index contributed by atoms with van der Waals surface area (Å²) in [5, 5.41) is 21.1. The van der Waals surface area contributed by atoms with Gasteiger partial charge < -0.3 is 29.9 Å². The highest BCUT2D eigenvalue weighted by Crippen LogP contribution is 2.38. The zero-order valence-electron chi connectivity index (χ0n) is 22.7. The second kappa shape index (κ2) is 15.1. The second-order valence-corrected chi connectivity index (χ2v) is 10.7. The smallest absolute Gasteiger partial charge is 0.303 e. The van der Waals surface area contributed by atoms with Crippen LogP contribution < -0.4 is 5.32 Å². The minimum absolute atomic E-state index is 0.0225. The van der Waals surface area contributed by atoms with Gasteiger partial charge in [-0.25, -0.2) is 0 Å². The van der Waals surface area contributed by atoms with Gasteiger partial charge >= 0.3 is 5.97 Å². The molecule has 2 aliphatic rings. The Hall–Kier alpha value is -2.78. The molecule has 1 amide bonds. The number of hydrogen-bond acceptors (Lipinski definition) is 6. The van der Waals surface area contributed by atoms with Gasteiger partial charge in [0, 0.05) is 37.9 Å². The van der Waals surface area contributed by atoms with Gasteiger partial charge in [0.1, 0.15) is 0 Å². The lowest BCUT2D eigenvalue weighted by atomic mass is 9.99. The van der Waals surface area contributed by atoms with E-state index < -0.39 is 12.3 Å². The van der Waals surface area contributed by atoms with Gasteiger partial charge in [-0.05, 0) is 55.5 Å². The molecule has 2 aromatic carbocycles. The number of nitrogens with zero attached hydrogens (tertiary/aromatic N) is 1. The molecule has 0 bridgehead atoms. The predicted molar refractivity (Wildman–Crippen MR) is 148 cm³/mol. The van der Waals surface area contributed by atoms with E-state index >= 15 is 0 Å². The van der Waals surface area contributed by atoms with Crippen LogP contribution in [0.5, 0.6) is 0 Å². The van der Waals surface area contributed by atoms with Crippen molar-refractivity contribution in [1.29, 1.82) is 0 Å². The molecule has 0 spiro atoms. The number of rotatable bonds is 13. The number of aliphatic carboxylic acids is 1. The fraction of sp³-hybridized carbons (Fsp3) is 0.548. The third-order valence-corrected chi connectivity index (χ3v) is 7.56. The number of aliphatic hydroxyl groups excluding tert-OH is 1. The number of unbranched alkanes of at least 4 members (excludes halogenated alkanes) is 2. The van der Waals surface area contributed by atoms with E-state index in [-0.39, 0.29) is 31.1 Å². The third kappa shape index (κ3) is 9.42. The van der Waals surface area contributed by atoms with E-state index in [0.717, 1.165) is 54.7 Å². The largest absolute Gasteiger partial charge is 0.481 e. The Kier molecular flexibility index (Phi) is 11.3. The van der Waals surface area contributed by atoms with E-state index in [0.29, 0.717) is 25.8 Å². The monoisotopic (exact) mass is 538 g/mol. The Morgan fingerprint density at radius 2 is 1.51 bits per heavy atom. The standard InChI is InChI=1S/C31H42N2O6/c34-22-24-11-13-25(14-12-24)28-19-27(21-33-17-5-2-6-18-33)38-31(39-28)26-15-9-23(10-16-26)20-32-29(35)7-3-1-4-8-30(36)37/h9-16,27-28,31,34H,1-8,17-22H2,(H,32,35)(H,36,37)/t27-,28+,31+/m1/s1. The fourth-order valence-electron chi connectivity index (χ4n) is 5.28. The lowest BCUT2D eigenvalue weighted by Crippen LogP contribution is -2.41. The molecule has 0 aliphatic carbocycles. The van der Waals surface area contributed by atoms with Crippen LogP contribution in [-0.4, -0.2) is 52.7 Å². The number of hydrogen-bond donors (Lipinski definition) is 3. The van der Waals surface area contributed by atoms with Crippen molar-refractivity contribution in [2.24, 2.45) is 0 Å². The average molecular weight is 539 g/mol. The normalized spacial score (nSPS) is 21.9. The molecule has 39 heavy (non-hydrogen) atoms. The summed E-state index contributed by atoms with van der Waals surface area (Å²) in [6.45, 7) is 3.59. The maximum Gasteiger partial charge on any atom is 0.303 e. The van der Waals surface area contributed by atoms with E-state index in [1.165, 1.54) is 19.3 Å². The van der Waals surface area contributed by atoms with E-state index in [1.54, 1.807) is 0 Å². The molecule has 2 aliphatic heterocycles. The summed E-state index contributed by atoms with van der Waals surface area (Å²) in [4.78, 5) is 25.2. The SMILES string of the molecule is O=C(O)CCCCCC(=O)NCc1ccc([C@H]2O[C@@H](CN3CCCCC3)C[C@@H](c3ccc(CO)cc3)O2)cc1. The fourth-order valence-corrected chi connectivity index (χ4v) is 5.28. The lowest BCUT2D eigenvalue weighted by molar-refractivity contribution is -0.253. The molecule has 0 saturated carbocycles. The van der Waals surface area contributed by atoms with Crippen LogP contribution in [0.4, 0.5) is 0 Å². The molecule has 8 nitrogen and oxygen atoms in total. The van der Waals surface area contributed by atoms with Crippen LogP contribution in [0.25, 0.3) is 0 Å². The van der Waals surface area contributed by atoms with E-state index in [9.17, 15) is 14.7 Å². The average Bonchev–Trinajstić information content (AvgIpc) is 2.96. The maximum atomic E-state index is 12.2. The molecule has 3 atom stereocenters. The van der Waals surface area contributed by atoms with Crippen molar-refractivity contribution in [3.63, 3.8) is 0 Å². The van der Waals surface area contributed by atoms with Gasteiger partial charge in [-0.2, -0.15) is 0 Å². The van der Waals surface area contributed by atoms with Crippen LogP contribution >= 0.6 is 0 Å². The van der Waals surface area contributed by atoms with Crippen molar-refractivity contribution in [2.75, 3.05) is 19.6 Å². The van der Waals surface area contributed by atoms with Crippen molar-refractivity contribution < 1.29 is 29.3 Å². The topological polar surface area (TPSA) is 108 Å². The number of amides is 1. The lowest BCUT2D eigenvalue weighted by Gasteiger charge is -2.39. The zero-order chi connectivity index (χ0) is 27.5. The van der Waals surface area contributed by atoms with Crippen molar-refractivity contribution in [1.82, 2.24) is 10.2 Å². The van der Waals surface area contributed by atoms with Gasteiger partial charge in [0.2, 0.25) is 5.91 Å². The molecule has 0 aromatic heterocycles. The number of benzene rings is 2. The second-order valence-electron chi connectivity index (χ2n) is 10.7. The van der Waals surface area contributed by atoms with Gasteiger partial charge in [-0.1, -0.05) is 61.4 Å². The van der Waals surface area contributed by atoms with Crippen molar-refractivity contribution in [3.8, 4) is 0 Å². The van der Waals surface area contributed by atoms with Crippen molar-refractivity contribution in [3.05, 3.63) is 70.8 Å². The van der Waals surface area contributed by atoms with Gasteiger partial charge in [0.25, 0.3) is 0 Å². The Balaban J connectivity index is 1.33. The van der Waals surface area contributed by atoms with Crippen LogP contribution in [-0.2, 0) is 32.2 Å². The molecule has 2 saturated heterocycles. The molecule has 4 rings (SSSR count). The highest BCUT2D eigenvalue weighted by molar-refractivity contribution is 5.75. The van der Waals surface area contributed by atoms with Crippen LogP contribution in [0.15, 0.2) is 48.5 Å². The quantitative estimate of drug-likeness (QED) is 0.313. The number of carbonyl (C=O) groups excluding carboxylic acids is 1. The molecule has 212 valence electrons. The first-order valence-electron chi connectivity index (χ1n) is 14.3. The summed E-state index contributed by atoms with van der Waals surface area (Å²) in [5.41, 5.74) is 3.91. The highest BCUT2D eigenvalue weighted by atomic mass is 16.7. The van der Waals surface area contributed by atoms with Crippen molar-refractivity contribution in [2.45, 2.75) is 89.4 Å². The Morgan fingerprint density at radius 3 is 2.21 bits per heavy atom. The van der Waals surface area contributed by atoms with Gasteiger partial charge in [-0.15, -0.1) is 0 Å². The molecule has 0 unspecified atom stereocenters. The van der Waals surface area contributed by atoms with Crippen LogP contribution in [0.3, 0.4) is 0 Å². The Bertz CT molecular complexity index is 1040. The predicted octanol–water partition coefficient (Wildman–Crippen LogP) is 4.86. The van der Waals surface area contributed by atoms with E-state index in [1.807, 2.05) is 48.5 Å². The first-order chi connectivity index (χ1) is 19.0. The van der Waals surface area contributed by atoms with Crippen LogP contribution in [0, 0.1) is 0 Å². The molecule has 2 heterocycles. The number of likely N-dealkylation sites (tertiary alicyclic amines) is 1. The molecule has 3 N–H and O–H groups in total. The van der Waals surface area contributed by atoms with Gasteiger partial charge in [0.05, 0.1) is 18.8 Å². The summed E-state index contributed by atoms with van der Waals surface area (Å²) in [5.74, 6) is -0.819. The minimum atomic E-state index is -0.795. The zero-order valence-corrected chi connectivity index (χ0v) is 22.7. The summed E-state index contributed by atoms with van der Waals surface area (Å²) >= 11 is 0. The number of nitrogens with one attached hydrogen (secondary N) is 1. The minimum Gasteiger partial charge on any atom is -0.481 e. The van der Waals surface area contributed by atoms with E-state index in [4.69, 9.17) is 14.6 Å². The highest BCUT2D eigenvalue weighted by Gasteiger charge is 2.33. The van der Waals surface area contributed by atoms with E-state index in [2.05, 4.69) is 10.2 Å². The molecule has 2 fully saturated rings. The molecule has 0 radical (unpaired) electrons. The number of carboxylic acids is 1. The van der Waals surface area contributed by atoms with Gasteiger partial charge in [0.15, 0.2) is 6.29 Å². The van der Waals surface area contributed by atoms with Crippen LogP contribution in [0.1, 0.15) is 92.4 Å². The summed E-state index contributed by atoms with van der Waals surface area (Å²) in [7, 11) is 0. The number of aliphatic hydroxyl groups is 1. The molecule has 8 heteroatoms. The Labute approximate surface area is 231 Å². The number of carbonyl (C=O) groups is 2.